The normalized spacial score (nSPS) is 12.0. The summed E-state index contributed by atoms with van der Waals surface area (Å²) in [5, 5.41) is 0. The number of nitrogens with zero attached hydrogens (tertiary/aromatic N) is 2. The Morgan fingerprint density at radius 3 is 0.824 bits per heavy atom. The summed E-state index contributed by atoms with van der Waals surface area (Å²) in [6.45, 7) is 4.57. The minimum Gasteiger partial charge on any atom is -0.252 e. The molecule has 2 nitrogen and oxygen atoms in total. The zero-order valence-electron chi connectivity index (χ0n) is 33.6. The van der Waals surface area contributed by atoms with E-state index in [0.717, 1.165) is 30.6 Å². The minimum atomic E-state index is 0. The molecule has 0 aliphatic rings. The van der Waals surface area contributed by atoms with Crippen LogP contribution in [0.5, 0.6) is 0 Å². The van der Waals surface area contributed by atoms with Gasteiger partial charge in [-0.15, -0.1) is 0 Å². The van der Waals surface area contributed by atoms with E-state index in [1.807, 2.05) is 0 Å². The zero-order valence-corrected chi connectivity index (χ0v) is 34.6. The second-order valence-electron chi connectivity index (χ2n) is 15.2. The number of benzene rings is 2. The Labute approximate surface area is 327 Å². The first-order valence-electron chi connectivity index (χ1n) is 22.1. The summed E-state index contributed by atoms with van der Waals surface area (Å²) < 4.78 is 0. The van der Waals surface area contributed by atoms with Gasteiger partial charge in [0, 0.05) is 16.5 Å². The van der Waals surface area contributed by atoms with Gasteiger partial charge >= 0.3 is 0 Å². The minimum absolute atomic E-state index is 0. The maximum absolute atomic E-state index is 5.13. The maximum atomic E-state index is 5.13. The molecule has 2 aromatic rings. The molecule has 0 spiro atoms. The first-order chi connectivity index (χ1) is 24.8. The van der Waals surface area contributed by atoms with Crippen LogP contribution < -0.4 is 0 Å². The van der Waals surface area contributed by atoms with E-state index < -0.39 is 0 Å². The molecule has 292 valence electrons. The number of unbranched alkanes of at least 4 members (excludes halogenated alkanes) is 28. The Morgan fingerprint density at radius 1 is 0.314 bits per heavy atom. The van der Waals surface area contributed by atoms with Crippen molar-refractivity contribution in [1.29, 1.82) is 0 Å². The van der Waals surface area contributed by atoms with Crippen molar-refractivity contribution in [3.63, 3.8) is 0 Å². The van der Waals surface area contributed by atoms with Gasteiger partial charge in [0.15, 0.2) is 0 Å². The fourth-order valence-electron chi connectivity index (χ4n) is 7.15. The predicted octanol–water partition coefficient (Wildman–Crippen LogP) is 17.1. The third kappa shape index (κ3) is 28.5. The summed E-state index contributed by atoms with van der Waals surface area (Å²) in [5.74, 6) is 0. The Bertz CT molecular complexity index is 1050. The van der Waals surface area contributed by atoms with Crippen LogP contribution in [0.3, 0.4) is 0 Å². The molecular formula is C48H80N2Ni. The maximum Gasteiger partial charge on any atom is 0.0633 e. The molecule has 0 fully saturated rings. The molecule has 0 aromatic heterocycles. The van der Waals surface area contributed by atoms with E-state index in [2.05, 4.69) is 74.5 Å². The Kier molecular flexibility index (Phi) is 34.0. The van der Waals surface area contributed by atoms with Crippen LogP contribution in [0, 0.1) is 0 Å². The van der Waals surface area contributed by atoms with Gasteiger partial charge < -0.3 is 0 Å². The van der Waals surface area contributed by atoms with E-state index in [9.17, 15) is 0 Å². The van der Waals surface area contributed by atoms with Gasteiger partial charge in [-0.2, -0.15) is 0 Å². The molecule has 0 radical (unpaired) electrons. The summed E-state index contributed by atoms with van der Waals surface area (Å²) in [6, 6.07) is 20.9. The first kappa shape index (κ1) is 47.3. The molecule has 0 amide bonds. The van der Waals surface area contributed by atoms with Crippen LogP contribution in [0.25, 0.3) is 0 Å². The molecule has 2 aromatic carbocycles. The van der Waals surface area contributed by atoms with Crippen molar-refractivity contribution in [3.8, 4) is 0 Å². The smallest absolute Gasteiger partial charge is 0.0633 e. The van der Waals surface area contributed by atoms with Crippen LogP contribution in [0.1, 0.15) is 219 Å². The van der Waals surface area contributed by atoms with Crippen molar-refractivity contribution < 1.29 is 16.5 Å². The molecule has 0 aliphatic heterocycles. The average molecular weight is 744 g/mol. The van der Waals surface area contributed by atoms with Gasteiger partial charge in [-0.05, 0) is 49.9 Å². The molecule has 0 heterocycles. The quantitative estimate of drug-likeness (QED) is 0.0382. The molecule has 51 heavy (non-hydrogen) atoms. The van der Waals surface area contributed by atoms with E-state index in [1.165, 1.54) is 198 Å². The molecule has 3 heteroatoms. The average Bonchev–Trinajstić information content (AvgIpc) is 3.15. The summed E-state index contributed by atoms with van der Waals surface area (Å²) in [4.78, 5) is 10.2. The van der Waals surface area contributed by atoms with E-state index in [-0.39, 0.29) is 16.5 Å². The van der Waals surface area contributed by atoms with E-state index in [1.54, 1.807) is 0 Å². The van der Waals surface area contributed by atoms with Crippen LogP contribution >= 0.6 is 0 Å². The number of hydrogen-bond donors (Lipinski definition) is 0. The molecule has 0 bridgehead atoms. The van der Waals surface area contributed by atoms with Crippen molar-refractivity contribution in [2.45, 2.75) is 219 Å². The van der Waals surface area contributed by atoms with Crippen LogP contribution in [0.15, 0.2) is 70.6 Å². The number of aliphatic imine (C=N–C) groups is 2. The summed E-state index contributed by atoms with van der Waals surface area (Å²) in [7, 11) is 0. The third-order valence-corrected chi connectivity index (χ3v) is 10.4. The van der Waals surface area contributed by atoms with Crippen LogP contribution in [0.4, 0.5) is 11.4 Å². The van der Waals surface area contributed by atoms with Crippen molar-refractivity contribution in [2.75, 3.05) is 0 Å². The molecular weight excluding hydrogens is 663 g/mol. The second kappa shape index (κ2) is 36.6. The van der Waals surface area contributed by atoms with Gasteiger partial charge in [-0.25, -0.2) is 0 Å². The largest absolute Gasteiger partial charge is 0.252 e. The SMILES string of the molecule is CCCCCCCCCCCCCCCCCCCCCCCCCCCCCCC(=N\c1ccccc1)/C(CCCC)=N/c1ccccc1.[Ni]. The molecule has 2 rings (SSSR count). The van der Waals surface area contributed by atoms with Crippen molar-refractivity contribution >= 4 is 22.8 Å². The van der Waals surface area contributed by atoms with Crippen molar-refractivity contribution in [2.24, 2.45) is 9.98 Å². The topological polar surface area (TPSA) is 24.7 Å². The van der Waals surface area contributed by atoms with Crippen LogP contribution in [0.2, 0.25) is 0 Å². The molecule has 0 atom stereocenters. The van der Waals surface area contributed by atoms with E-state index in [0.29, 0.717) is 0 Å². The van der Waals surface area contributed by atoms with Gasteiger partial charge in [0.05, 0.1) is 22.8 Å². The zero-order chi connectivity index (χ0) is 35.4. The fraction of sp³-hybridized carbons (Fsp3) is 0.708. The molecule has 0 saturated carbocycles. The Balaban J connectivity index is 0.0000130. The summed E-state index contributed by atoms with van der Waals surface area (Å²) in [5.41, 5.74) is 4.44. The molecule has 0 aliphatic carbocycles. The molecule has 0 saturated heterocycles. The van der Waals surface area contributed by atoms with Crippen molar-refractivity contribution in [3.05, 3.63) is 60.7 Å². The summed E-state index contributed by atoms with van der Waals surface area (Å²) >= 11 is 0. The van der Waals surface area contributed by atoms with Gasteiger partial charge in [-0.3, -0.25) is 9.98 Å². The van der Waals surface area contributed by atoms with E-state index in [4.69, 9.17) is 9.98 Å². The van der Waals surface area contributed by atoms with Gasteiger partial charge in [-0.1, -0.05) is 230 Å². The number of rotatable bonds is 35. The standard InChI is InChI=1S/C48H80N2.Ni/c1-3-5-7-8-9-10-11-12-13-14-15-16-17-18-19-20-21-22-23-24-25-26-27-28-29-30-31-38-44-48(50-46-41-36-33-37-42-46)47(43-6-4-2)49-45-39-34-32-35-40-45;/h32-37,39-42H,3-31,38,43-44H2,1-2H3;/b49-47+,50-48+;. The predicted molar refractivity (Wildman–Crippen MR) is 226 cm³/mol. The number of para-hydroxylation sites is 2. The van der Waals surface area contributed by atoms with E-state index >= 15 is 0 Å². The third-order valence-electron chi connectivity index (χ3n) is 10.4. The van der Waals surface area contributed by atoms with Gasteiger partial charge in [0.25, 0.3) is 0 Å². The molecule has 0 N–H and O–H groups in total. The van der Waals surface area contributed by atoms with Gasteiger partial charge in [0.1, 0.15) is 0 Å². The van der Waals surface area contributed by atoms with Crippen LogP contribution in [-0.4, -0.2) is 11.4 Å². The van der Waals surface area contributed by atoms with Gasteiger partial charge in [0.2, 0.25) is 0 Å². The first-order valence-corrected chi connectivity index (χ1v) is 22.1. The van der Waals surface area contributed by atoms with Crippen molar-refractivity contribution in [1.82, 2.24) is 0 Å². The monoisotopic (exact) mass is 743 g/mol. The molecule has 0 unspecified atom stereocenters. The van der Waals surface area contributed by atoms with Crippen LogP contribution in [-0.2, 0) is 16.5 Å². The second-order valence-corrected chi connectivity index (χ2v) is 15.2. The Hall–Kier alpha value is -1.73. The fourth-order valence-corrected chi connectivity index (χ4v) is 7.15. The summed E-state index contributed by atoms with van der Waals surface area (Å²) in [6.07, 6.45) is 44.6. The number of hydrogen-bond acceptors (Lipinski definition) is 2. The Morgan fingerprint density at radius 2 is 0.549 bits per heavy atom.